The molecule has 0 radical (unpaired) electrons. The van der Waals surface area contributed by atoms with Crippen LogP contribution in [-0.2, 0) is 4.79 Å². The first-order valence-corrected chi connectivity index (χ1v) is 7.21. The summed E-state index contributed by atoms with van der Waals surface area (Å²) in [7, 11) is 2.00. The highest BCUT2D eigenvalue weighted by Crippen LogP contribution is 2.35. The molecule has 3 N–H and O–H groups in total. The highest BCUT2D eigenvalue weighted by atomic mass is 32.2. The quantitative estimate of drug-likeness (QED) is 0.767. The van der Waals surface area contributed by atoms with E-state index < -0.39 is 0 Å². The Kier molecular flexibility index (Phi) is 3.28. The Morgan fingerprint density at radius 2 is 2.28 bits per heavy atom. The summed E-state index contributed by atoms with van der Waals surface area (Å²) in [6, 6.07) is 6.76. The lowest BCUT2D eigenvalue weighted by Gasteiger charge is -2.35. The summed E-state index contributed by atoms with van der Waals surface area (Å²) in [5.41, 5.74) is 2.21. The molecule has 5 heteroatoms. The lowest BCUT2D eigenvalue weighted by atomic mass is 9.88. The number of nitrogens with one attached hydrogen (secondary N) is 3. The molecule has 1 aromatic carbocycles. The van der Waals surface area contributed by atoms with Gasteiger partial charge in [0, 0.05) is 29.9 Å². The van der Waals surface area contributed by atoms with Crippen LogP contribution in [0, 0.1) is 5.92 Å². The molecule has 1 atom stereocenters. The summed E-state index contributed by atoms with van der Waals surface area (Å²) in [6.45, 7) is 2.12. The van der Waals surface area contributed by atoms with Crippen LogP contribution in [0.5, 0.6) is 0 Å². The molecule has 3 rings (SSSR count). The van der Waals surface area contributed by atoms with Crippen molar-refractivity contribution in [3.63, 3.8) is 0 Å². The Morgan fingerprint density at radius 3 is 2.94 bits per heavy atom. The predicted molar refractivity (Wildman–Crippen MR) is 74.0 cm³/mol. The second kappa shape index (κ2) is 4.91. The van der Waals surface area contributed by atoms with Gasteiger partial charge in [-0.25, -0.2) is 0 Å². The zero-order chi connectivity index (χ0) is 12.5. The maximum atomic E-state index is 11.4. The number of benzene rings is 1. The molecule has 0 spiro atoms. The molecule has 1 fully saturated rings. The monoisotopic (exact) mass is 263 g/mol. The molecule has 4 nitrogen and oxygen atoms in total. The van der Waals surface area contributed by atoms with Gasteiger partial charge in [0.05, 0.1) is 11.4 Å². The number of hydrogen-bond donors (Lipinski definition) is 3. The molecular formula is C13H17N3OS. The third-order valence-corrected chi connectivity index (χ3v) is 4.66. The van der Waals surface area contributed by atoms with E-state index in [-0.39, 0.29) is 5.91 Å². The topological polar surface area (TPSA) is 53.2 Å². The third kappa shape index (κ3) is 2.13. The first-order valence-electron chi connectivity index (χ1n) is 6.22. The second-order valence-electron chi connectivity index (χ2n) is 4.78. The van der Waals surface area contributed by atoms with Crippen molar-refractivity contribution in [2.24, 2.45) is 5.92 Å². The van der Waals surface area contributed by atoms with E-state index in [1.807, 2.05) is 7.05 Å². The van der Waals surface area contributed by atoms with Gasteiger partial charge in [0.25, 0.3) is 0 Å². The zero-order valence-electron chi connectivity index (χ0n) is 10.3. The average molecular weight is 263 g/mol. The standard InChI is InChI=1S/C13H17N3OS/c1-14-13(9-5-15-6-9)8-2-3-11-10(4-8)16-12(17)7-18-11/h2-4,9,13-15H,5-7H2,1H3,(H,16,17). The average Bonchev–Trinajstić information content (AvgIpc) is 2.32. The van der Waals surface area contributed by atoms with Crippen LogP contribution in [0.2, 0.25) is 0 Å². The van der Waals surface area contributed by atoms with Crippen molar-refractivity contribution in [3.05, 3.63) is 23.8 Å². The normalized spacial score (nSPS) is 20.8. The van der Waals surface area contributed by atoms with E-state index in [2.05, 4.69) is 34.1 Å². The number of carbonyl (C=O) groups is 1. The Morgan fingerprint density at radius 1 is 1.44 bits per heavy atom. The number of hydrogen-bond acceptors (Lipinski definition) is 4. The Labute approximate surface area is 111 Å². The summed E-state index contributed by atoms with van der Waals surface area (Å²) in [4.78, 5) is 12.6. The predicted octanol–water partition coefficient (Wildman–Crippen LogP) is 1.21. The van der Waals surface area contributed by atoms with E-state index in [1.54, 1.807) is 11.8 Å². The van der Waals surface area contributed by atoms with Gasteiger partial charge in [-0.05, 0) is 24.7 Å². The second-order valence-corrected chi connectivity index (χ2v) is 5.79. The minimum absolute atomic E-state index is 0.0935. The number of thioether (sulfide) groups is 1. The lowest BCUT2D eigenvalue weighted by Crippen LogP contribution is -2.48. The molecular weight excluding hydrogens is 246 g/mol. The molecule has 18 heavy (non-hydrogen) atoms. The largest absolute Gasteiger partial charge is 0.324 e. The van der Waals surface area contributed by atoms with Gasteiger partial charge in [-0.3, -0.25) is 4.79 Å². The molecule has 1 aromatic rings. The molecule has 1 saturated heterocycles. The summed E-state index contributed by atoms with van der Waals surface area (Å²) in [5.74, 6) is 1.25. The molecule has 0 saturated carbocycles. The van der Waals surface area contributed by atoms with Crippen LogP contribution in [0.3, 0.4) is 0 Å². The molecule has 1 amide bonds. The highest BCUT2D eigenvalue weighted by Gasteiger charge is 2.28. The van der Waals surface area contributed by atoms with E-state index in [0.29, 0.717) is 17.7 Å². The summed E-state index contributed by atoms with van der Waals surface area (Å²) >= 11 is 1.61. The van der Waals surface area contributed by atoms with E-state index in [9.17, 15) is 4.79 Å². The zero-order valence-corrected chi connectivity index (χ0v) is 11.1. The molecule has 0 aromatic heterocycles. The van der Waals surface area contributed by atoms with Crippen LogP contribution in [0.25, 0.3) is 0 Å². The van der Waals surface area contributed by atoms with Crippen LogP contribution in [0.15, 0.2) is 23.1 Å². The van der Waals surface area contributed by atoms with Crippen molar-refractivity contribution in [2.45, 2.75) is 10.9 Å². The smallest absolute Gasteiger partial charge is 0.234 e. The summed E-state index contributed by atoms with van der Waals surface area (Å²) in [5, 5.41) is 9.63. The molecule has 0 aliphatic carbocycles. The van der Waals surface area contributed by atoms with Gasteiger partial charge in [-0.2, -0.15) is 0 Å². The van der Waals surface area contributed by atoms with E-state index in [0.717, 1.165) is 18.8 Å². The van der Waals surface area contributed by atoms with Gasteiger partial charge >= 0.3 is 0 Å². The van der Waals surface area contributed by atoms with E-state index in [4.69, 9.17) is 0 Å². The van der Waals surface area contributed by atoms with Gasteiger partial charge in [0.15, 0.2) is 0 Å². The number of amides is 1. The highest BCUT2D eigenvalue weighted by molar-refractivity contribution is 8.00. The lowest BCUT2D eigenvalue weighted by molar-refractivity contribution is -0.113. The molecule has 96 valence electrons. The van der Waals surface area contributed by atoms with Crippen molar-refractivity contribution in [1.29, 1.82) is 0 Å². The van der Waals surface area contributed by atoms with E-state index in [1.165, 1.54) is 10.5 Å². The number of fused-ring (bicyclic) bond motifs is 1. The molecule has 2 aliphatic heterocycles. The van der Waals surface area contributed by atoms with Crippen LogP contribution < -0.4 is 16.0 Å². The fourth-order valence-corrected chi connectivity index (χ4v) is 3.30. The van der Waals surface area contributed by atoms with Gasteiger partial charge in [-0.15, -0.1) is 11.8 Å². The molecule has 1 unspecified atom stereocenters. The van der Waals surface area contributed by atoms with Gasteiger partial charge in [0.2, 0.25) is 5.91 Å². The maximum absolute atomic E-state index is 11.4. The van der Waals surface area contributed by atoms with Crippen LogP contribution >= 0.6 is 11.8 Å². The molecule has 2 aliphatic rings. The SMILES string of the molecule is CNC(c1ccc2c(c1)NC(=O)CS2)C1CNC1. The third-order valence-electron chi connectivity index (χ3n) is 3.59. The number of carbonyl (C=O) groups excluding carboxylic acids is 1. The van der Waals surface area contributed by atoms with Crippen LogP contribution in [0.1, 0.15) is 11.6 Å². The Hall–Kier alpha value is -1.04. The first-order chi connectivity index (χ1) is 8.78. The van der Waals surface area contributed by atoms with Gasteiger partial charge in [-0.1, -0.05) is 6.07 Å². The number of anilines is 1. The Balaban J connectivity index is 1.88. The minimum atomic E-state index is 0.0935. The van der Waals surface area contributed by atoms with Crippen molar-refractivity contribution >= 4 is 23.4 Å². The van der Waals surface area contributed by atoms with Gasteiger partial charge in [0.1, 0.15) is 0 Å². The maximum Gasteiger partial charge on any atom is 0.234 e. The summed E-state index contributed by atoms with van der Waals surface area (Å²) < 4.78 is 0. The van der Waals surface area contributed by atoms with Crippen LogP contribution in [-0.4, -0.2) is 31.8 Å². The summed E-state index contributed by atoms with van der Waals surface area (Å²) in [6.07, 6.45) is 0. The van der Waals surface area contributed by atoms with Crippen molar-refractivity contribution in [2.75, 3.05) is 31.2 Å². The minimum Gasteiger partial charge on any atom is -0.324 e. The number of rotatable bonds is 3. The van der Waals surface area contributed by atoms with Crippen molar-refractivity contribution in [1.82, 2.24) is 10.6 Å². The van der Waals surface area contributed by atoms with Crippen LogP contribution in [0.4, 0.5) is 5.69 Å². The van der Waals surface area contributed by atoms with Crippen molar-refractivity contribution in [3.8, 4) is 0 Å². The van der Waals surface area contributed by atoms with E-state index >= 15 is 0 Å². The Bertz CT molecular complexity index is 473. The fourth-order valence-electron chi connectivity index (χ4n) is 2.52. The van der Waals surface area contributed by atoms with Gasteiger partial charge < -0.3 is 16.0 Å². The van der Waals surface area contributed by atoms with Crippen molar-refractivity contribution < 1.29 is 4.79 Å². The first kappa shape index (κ1) is 12.0. The molecule has 2 heterocycles. The fraction of sp³-hybridized carbons (Fsp3) is 0.462. The molecule has 0 bridgehead atoms.